The first-order valence-electron chi connectivity index (χ1n) is 14.4. The van der Waals surface area contributed by atoms with Gasteiger partial charge in [0, 0.05) is 28.8 Å². The van der Waals surface area contributed by atoms with Crippen molar-refractivity contribution in [2.24, 2.45) is 0 Å². The van der Waals surface area contributed by atoms with Gasteiger partial charge < -0.3 is 14.4 Å². The Hall–Kier alpha value is -4.90. The minimum absolute atomic E-state index is 0.246. The number of methoxy groups -OCH3 is 1. The zero-order valence-electron chi connectivity index (χ0n) is 23.7. The summed E-state index contributed by atoms with van der Waals surface area (Å²) in [6.07, 6.45) is 3.92. The largest absolute Gasteiger partial charge is 0.478 e. The first kappa shape index (κ1) is 27.3. The highest BCUT2D eigenvalue weighted by Gasteiger charge is 2.28. The molecule has 210 valence electrons. The van der Waals surface area contributed by atoms with Crippen LogP contribution in [0.3, 0.4) is 0 Å². The zero-order valence-corrected chi connectivity index (χ0v) is 23.7. The third-order valence-electron chi connectivity index (χ3n) is 8.27. The molecule has 5 aromatic rings. The quantitative estimate of drug-likeness (QED) is 0.187. The number of hydrogen-bond acceptors (Lipinski definition) is 3. The van der Waals surface area contributed by atoms with Crippen LogP contribution < -0.4 is 0 Å². The van der Waals surface area contributed by atoms with Gasteiger partial charge >= 0.3 is 11.9 Å². The molecule has 4 aromatic carbocycles. The van der Waals surface area contributed by atoms with Gasteiger partial charge in [0.1, 0.15) is 0 Å². The summed E-state index contributed by atoms with van der Waals surface area (Å²) in [6.45, 7) is 0.583. The lowest BCUT2D eigenvalue weighted by Gasteiger charge is -2.15. The number of hydrogen-bond donors (Lipinski definition) is 1. The average molecular weight is 556 g/mol. The van der Waals surface area contributed by atoms with Crippen LogP contribution in [0.15, 0.2) is 109 Å². The topological polar surface area (TPSA) is 68.5 Å². The van der Waals surface area contributed by atoms with Gasteiger partial charge in [-0.1, -0.05) is 91.0 Å². The smallest absolute Gasteiger partial charge is 0.335 e. The molecule has 0 aliphatic heterocycles. The third-order valence-corrected chi connectivity index (χ3v) is 8.27. The lowest BCUT2D eigenvalue weighted by molar-refractivity contribution is -0.136. The van der Waals surface area contributed by atoms with E-state index >= 15 is 0 Å². The molecule has 0 bridgehead atoms. The predicted molar refractivity (Wildman–Crippen MR) is 167 cm³/mol. The van der Waals surface area contributed by atoms with Gasteiger partial charge in [-0.25, -0.2) is 9.59 Å². The Bertz CT molecular complexity index is 1780. The van der Waals surface area contributed by atoms with E-state index in [1.807, 2.05) is 42.5 Å². The molecule has 0 saturated carbocycles. The summed E-state index contributed by atoms with van der Waals surface area (Å²) < 4.78 is 7.45. The summed E-state index contributed by atoms with van der Waals surface area (Å²) in [5.41, 5.74) is 9.69. The average Bonchev–Trinajstić information content (AvgIpc) is 3.63. The summed E-state index contributed by atoms with van der Waals surface area (Å²) >= 11 is 0. The molecule has 1 aliphatic carbocycles. The van der Waals surface area contributed by atoms with Crippen molar-refractivity contribution in [3.63, 3.8) is 0 Å². The minimum Gasteiger partial charge on any atom is -0.478 e. The number of carboxylic acid groups (broad SMARTS) is 1. The van der Waals surface area contributed by atoms with Crippen LogP contribution in [-0.2, 0) is 28.9 Å². The summed E-state index contributed by atoms with van der Waals surface area (Å²) in [5.74, 6) is -1.24. The van der Waals surface area contributed by atoms with Crippen LogP contribution in [0, 0.1) is 0 Å². The molecule has 5 nitrogen and oxygen atoms in total. The van der Waals surface area contributed by atoms with Gasteiger partial charge in [0.2, 0.25) is 0 Å². The lowest BCUT2D eigenvalue weighted by Crippen LogP contribution is -2.09. The van der Waals surface area contributed by atoms with Gasteiger partial charge in [0.25, 0.3) is 0 Å². The number of aromatic carboxylic acids is 1. The van der Waals surface area contributed by atoms with Crippen LogP contribution >= 0.6 is 0 Å². The monoisotopic (exact) mass is 555 g/mol. The number of ether oxygens (including phenoxy) is 1. The second-order valence-electron chi connectivity index (χ2n) is 10.8. The number of rotatable bonds is 9. The second kappa shape index (κ2) is 11.9. The molecular weight excluding hydrogens is 522 g/mol. The minimum atomic E-state index is -0.959. The number of nitrogens with zero attached hydrogens (tertiary/aromatic N) is 1. The van der Waals surface area contributed by atoms with E-state index in [0.29, 0.717) is 13.0 Å². The van der Waals surface area contributed by atoms with E-state index in [4.69, 9.17) is 4.74 Å². The van der Waals surface area contributed by atoms with Crippen LogP contribution in [-0.4, -0.2) is 28.7 Å². The molecule has 0 amide bonds. The maximum atomic E-state index is 12.9. The Morgan fingerprint density at radius 1 is 0.786 bits per heavy atom. The lowest BCUT2D eigenvalue weighted by atomic mass is 9.95. The van der Waals surface area contributed by atoms with E-state index in [-0.39, 0.29) is 11.5 Å². The fourth-order valence-corrected chi connectivity index (χ4v) is 6.20. The number of carbonyl (C=O) groups excluding carboxylic acids is 1. The summed E-state index contributed by atoms with van der Waals surface area (Å²) in [7, 11) is 1.43. The first-order valence-corrected chi connectivity index (χ1v) is 14.4. The summed E-state index contributed by atoms with van der Waals surface area (Å²) in [5, 5.41) is 10.8. The van der Waals surface area contributed by atoms with Crippen LogP contribution in [0.2, 0.25) is 0 Å². The number of carbonyl (C=O) groups is 2. The molecule has 42 heavy (non-hydrogen) atoms. The van der Waals surface area contributed by atoms with Crippen molar-refractivity contribution in [2.75, 3.05) is 7.11 Å². The highest BCUT2D eigenvalue weighted by molar-refractivity contribution is 6.05. The number of allylic oxidation sites excluding steroid dienone is 1. The number of esters is 1. The first-order chi connectivity index (χ1) is 20.5. The molecule has 0 spiro atoms. The van der Waals surface area contributed by atoms with Crippen LogP contribution in [0.5, 0.6) is 0 Å². The van der Waals surface area contributed by atoms with Gasteiger partial charge in [-0.3, -0.25) is 0 Å². The fourth-order valence-electron chi connectivity index (χ4n) is 6.20. The Morgan fingerprint density at radius 3 is 2.17 bits per heavy atom. The van der Waals surface area contributed by atoms with Gasteiger partial charge in [0.15, 0.2) is 0 Å². The number of aryl methyl sites for hydroxylation is 1. The maximum absolute atomic E-state index is 12.9. The van der Waals surface area contributed by atoms with Gasteiger partial charge in [-0.15, -0.1) is 0 Å². The van der Waals surface area contributed by atoms with Crippen molar-refractivity contribution < 1.29 is 19.4 Å². The van der Waals surface area contributed by atoms with Crippen molar-refractivity contribution in [3.05, 3.63) is 137 Å². The van der Waals surface area contributed by atoms with Crippen LogP contribution in [0.1, 0.15) is 52.0 Å². The Labute approximate surface area is 245 Å². The molecule has 6 rings (SSSR count). The second-order valence-corrected chi connectivity index (χ2v) is 10.8. The Balaban J connectivity index is 1.52. The van der Waals surface area contributed by atoms with E-state index in [1.165, 1.54) is 12.7 Å². The molecule has 0 atom stereocenters. The number of benzene rings is 4. The molecular formula is C37H33NO4. The number of fused-ring (bicyclic) bond motifs is 1. The third kappa shape index (κ3) is 5.38. The van der Waals surface area contributed by atoms with Crippen molar-refractivity contribution in [2.45, 2.75) is 38.6 Å². The van der Waals surface area contributed by atoms with Crippen molar-refractivity contribution >= 4 is 28.4 Å². The maximum Gasteiger partial charge on any atom is 0.335 e. The highest BCUT2D eigenvalue weighted by Crippen LogP contribution is 2.42. The molecule has 0 fully saturated rings. The zero-order chi connectivity index (χ0) is 29.1. The van der Waals surface area contributed by atoms with E-state index < -0.39 is 5.97 Å². The molecule has 0 radical (unpaired) electrons. The normalized spacial score (nSPS) is 13.1. The Morgan fingerprint density at radius 2 is 1.48 bits per heavy atom. The van der Waals surface area contributed by atoms with Crippen LogP contribution in [0.25, 0.3) is 27.6 Å². The standard InChI is InChI=1S/C37H33NO4/c1-42-37(41)31-14-8-13-30(31)35-32-21-20-29(36(39)40)23-34(32)38(33(35)22-17-25-9-4-2-5-10-25)24-26-15-18-28(19-16-26)27-11-6-3-7-12-27/h2-7,9-12,15-16,18-21,23H,8,13-14,17,22,24H2,1H3,(H,39,40). The number of aromatic nitrogens is 1. The van der Waals surface area contributed by atoms with Gasteiger partial charge in [-0.2, -0.15) is 0 Å². The molecule has 5 heteroatoms. The highest BCUT2D eigenvalue weighted by atomic mass is 16.5. The predicted octanol–water partition coefficient (Wildman–Crippen LogP) is 7.95. The van der Waals surface area contributed by atoms with E-state index in [1.54, 1.807) is 12.1 Å². The number of carboxylic acids is 1. The Kier molecular flexibility index (Phi) is 7.74. The molecule has 1 aliphatic rings. The SMILES string of the molecule is COC(=O)C1=C(c2c(CCc3ccccc3)n(Cc3ccc(-c4ccccc4)cc3)c3cc(C(=O)O)ccc23)CCC1. The molecule has 0 unspecified atom stereocenters. The summed E-state index contributed by atoms with van der Waals surface area (Å²) in [6, 6.07) is 34.6. The van der Waals surface area contributed by atoms with Gasteiger partial charge in [-0.05, 0) is 72.1 Å². The molecule has 1 heterocycles. The molecule has 1 N–H and O–H groups in total. The van der Waals surface area contributed by atoms with E-state index in [2.05, 4.69) is 53.1 Å². The molecule has 0 saturated heterocycles. The van der Waals surface area contributed by atoms with Crippen LogP contribution in [0.4, 0.5) is 0 Å². The van der Waals surface area contributed by atoms with E-state index in [9.17, 15) is 14.7 Å². The van der Waals surface area contributed by atoms with E-state index in [0.717, 1.165) is 75.7 Å². The fraction of sp³-hybridized carbons (Fsp3) is 0.189. The van der Waals surface area contributed by atoms with Crippen molar-refractivity contribution in [1.29, 1.82) is 0 Å². The summed E-state index contributed by atoms with van der Waals surface area (Å²) in [4.78, 5) is 24.9. The molecule has 1 aromatic heterocycles. The van der Waals surface area contributed by atoms with Crippen molar-refractivity contribution in [3.8, 4) is 11.1 Å². The van der Waals surface area contributed by atoms with Crippen molar-refractivity contribution in [1.82, 2.24) is 4.57 Å². The van der Waals surface area contributed by atoms with Gasteiger partial charge in [0.05, 0.1) is 18.2 Å².